The molecule has 2 aliphatic rings. The first-order valence-corrected chi connectivity index (χ1v) is 10.0. The molecule has 144 valence electrons. The van der Waals surface area contributed by atoms with Gasteiger partial charge in [-0.25, -0.2) is 0 Å². The second kappa shape index (κ2) is 7.71. The van der Waals surface area contributed by atoms with Crippen LogP contribution in [-0.2, 0) is 18.3 Å². The van der Waals surface area contributed by atoms with Crippen LogP contribution in [0.4, 0.5) is 0 Å². The lowest BCUT2D eigenvalue weighted by Gasteiger charge is -2.47. The van der Waals surface area contributed by atoms with Crippen molar-refractivity contribution in [3.05, 3.63) is 47.1 Å². The summed E-state index contributed by atoms with van der Waals surface area (Å²) in [6, 6.07) is 9.04. The molecule has 4 rings (SSSR count). The van der Waals surface area contributed by atoms with Crippen molar-refractivity contribution in [3.8, 4) is 0 Å². The van der Waals surface area contributed by atoms with E-state index >= 15 is 0 Å². The van der Waals surface area contributed by atoms with E-state index in [1.54, 1.807) is 11.1 Å². The summed E-state index contributed by atoms with van der Waals surface area (Å²) in [4.78, 5) is 11.3. The molecular weight excluding hydrogens is 338 g/mol. The molecule has 0 saturated carbocycles. The van der Waals surface area contributed by atoms with Gasteiger partial charge in [-0.3, -0.25) is 4.99 Å². The fourth-order valence-electron chi connectivity index (χ4n) is 4.80. The van der Waals surface area contributed by atoms with Gasteiger partial charge in [-0.05, 0) is 50.2 Å². The Balaban J connectivity index is 1.44. The minimum atomic E-state index is 0.272. The van der Waals surface area contributed by atoms with Gasteiger partial charge in [0, 0.05) is 38.5 Å². The minimum Gasteiger partial charge on any atom is -0.356 e. The number of nitrogens with one attached hydrogen (secondary N) is 1. The Morgan fingerprint density at radius 1 is 1.30 bits per heavy atom. The van der Waals surface area contributed by atoms with Crippen molar-refractivity contribution in [2.45, 2.75) is 50.9 Å². The van der Waals surface area contributed by atoms with Gasteiger partial charge < -0.3 is 14.7 Å². The SMILES string of the molecule is CN=C(NCCc1nc(C)no1)N1CCCC2(CCCc3ccccc32)C1. The molecule has 27 heavy (non-hydrogen) atoms. The molecule has 1 aliphatic heterocycles. The average molecular weight is 367 g/mol. The summed E-state index contributed by atoms with van der Waals surface area (Å²) >= 11 is 0. The topological polar surface area (TPSA) is 66.5 Å². The number of aromatic nitrogens is 2. The summed E-state index contributed by atoms with van der Waals surface area (Å²) in [6.45, 7) is 4.69. The second-order valence-corrected chi connectivity index (χ2v) is 7.78. The highest BCUT2D eigenvalue weighted by atomic mass is 16.5. The van der Waals surface area contributed by atoms with Gasteiger partial charge in [0.1, 0.15) is 0 Å². The lowest BCUT2D eigenvalue weighted by Crippen LogP contribution is -2.53. The summed E-state index contributed by atoms with van der Waals surface area (Å²) in [5, 5.41) is 7.34. The van der Waals surface area contributed by atoms with Gasteiger partial charge in [-0.2, -0.15) is 4.98 Å². The van der Waals surface area contributed by atoms with E-state index in [-0.39, 0.29) is 5.41 Å². The summed E-state index contributed by atoms with van der Waals surface area (Å²) < 4.78 is 5.20. The molecular formula is C21H29N5O. The summed E-state index contributed by atoms with van der Waals surface area (Å²) in [5.74, 6) is 2.34. The van der Waals surface area contributed by atoms with Crippen LogP contribution in [-0.4, -0.2) is 47.7 Å². The van der Waals surface area contributed by atoms with Crippen molar-refractivity contribution < 1.29 is 4.52 Å². The smallest absolute Gasteiger partial charge is 0.228 e. The summed E-state index contributed by atoms with van der Waals surface area (Å²) in [5.41, 5.74) is 3.38. The van der Waals surface area contributed by atoms with Crippen molar-refractivity contribution in [3.63, 3.8) is 0 Å². The highest BCUT2D eigenvalue weighted by molar-refractivity contribution is 5.80. The van der Waals surface area contributed by atoms with Crippen LogP contribution in [0.5, 0.6) is 0 Å². The van der Waals surface area contributed by atoms with Crippen LogP contribution in [0, 0.1) is 6.92 Å². The highest BCUT2D eigenvalue weighted by Crippen LogP contribution is 2.43. The Hall–Kier alpha value is -2.37. The van der Waals surface area contributed by atoms with Crippen LogP contribution in [0.15, 0.2) is 33.8 Å². The average Bonchev–Trinajstić information content (AvgIpc) is 3.11. The zero-order valence-corrected chi connectivity index (χ0v) is 16.4. The maximum Gasteiger partial charge on any atom is 0.228 e. The van der Waals surface area contributed by atoms with Gasteiger partial charge in [-0.15, -0.1) is 0 Å². The number of hydrogen-bond donors (Lipinski definition) is 1. The van der Waals surface area contributed by atoms with Gasteiger partial charge in [-0.1, -0.05) is 29.4 Å². The van der Waals surface area contributed by atoms with Gasteiger partial charge in [0.05, 0.1) is 0 Å². The third-order valence-electron chi connectivity index (χ3n) is 5.97. The number of piperidine rings is 1. The Morgan fingerprint density at radius 2 is 2.15 bits per heavy atom. The molecule has 0 bridgehead atoms. The van der Waals surface area contributed by atoms with Crippen molar-refractivity contribution in [2.24, 2.45) is 4.99 Å². The molecule has 1 aliphatic carbocycles. The van der Waals surface area contributed by atoms with E-state index in [1.807, 2.05) is 14.0 Å². The second-order valence-electron chi connectivity index (χ2n) is 7.78. The first kappa shape index (κ1) is 18.0. The molecule has 1 aromatic carbocycles. The molecule has 2 heterocycles. The Bertz CT molecular complexity index is 814. The lowest BCUT2D eigenvalue weighted by molar-refractivity contribution is 0.188. The maximum absolute atomic E-state index is 5.20. The number of nitrogens with zero attached hydrogens (tertiary/aromatic N) is 4. The number of likely N-dealkylation sites (tertiary alicyclic amines) is 1. The minimum absolute atomic E-state index is 0.272. The predicted molar refractivity (Wildman–Crippen MR) is 106 cm³/mol. The maximum atomic E-state index is 5.20. The van der Waals surface area contributed by atoms with Crippen LogP contribution in [0.1, 0.15) is 48.5 Å². The zero-order valence-electron chi connectivity index (χ0n) is 16.4. The van der Waals surface area contributed by atoms with Crippen LogP contribution in [0.2, 0.25) is 0 Å². The van der Waals surface area contributed by atoms with Crippen LogP contribution < -0.4 is 5.32 Å². The molecule has 1 atom stereocenters. The van der Waals surface area contributed by atoms with Crippen LogP contribution in [0.3, 0.4) is 0 Å². The van der Waals surface area contributed by atoms with Gasteiger partial charge >= 0.3 is 0 Å². The predicted octanol–water partition coefficient (Wildman–Crippen LogP) is 2.87. The largest absolute Gasteiger partial charge is 0.356 e. The van der Waals surface area contributed by atoms with Gasteiger partial charge in [0.15, 0.2) is 11.8 Å². The molecule has 1 fully saturated rings. The first-order valence-electron chi connectivity index (χ1n) is 10.0. The molecule has 0 radical (unpaired) electrons. The highest BCUT2D eigenvalue weighted by Gasteiger charge is 2.40. The molecule has 1 saturated heterocycles. The number of rotatable bonds is 3. The van der Waals surface area contributed by atoms with Gasteiger partial charge in [0.25, 0.3) is 0 Å². The number of fused-ring (bicyclic) bond motifs is 2. The molecule has 1 unspecified atom stereocenters. The zero-order chi connectivity index (χ0) is 18.7. The fourth-order valence-corrected chi connectivity index (χ4v) is 4.80. The molecule has 0 amide bonds. The van der Waals surface area contributed by atoms with E-state index in [0.717, 1.165) is 25.6 Å². The molecule has 1 spiro atoms. The molecule has 2 aromatic rings. The van der Waals surface area contributed by atoms with Crippen molar-refractivity contribution in [2.75, 3.05) is 26.7 Å². The quantitative estimate of drug-likeness (QED) is 0.667. The molecule has 1 aromatic heterocycles. The molecule has 1 N–H and O–H groups in total. The van der Waals surface area contributed by atoms with E-state index in [9.17, 15) is 0 Å². The number of aliphatic imine (C=N–C) groups is 1. The Morgan fingerprint density at radius 3 is 2.96 bits per heavy atom. The number of guanidine groups is 1. The van der Waals surface area contributed by atoms with E-state index in [2.05, 4.69) is 49.6 Å². The summed E-state index contributed by atoms with van der Waals surface area (Å²) in [6.07, 6.45) is 6.97. The van der Waals surface area contributed by atoms with E-state index in [1.165, 1.54) is 32.1 Å². The Labute approximate surface area is 161 Å². The third-order valence-corrected chi connectivity index (χ3v) is 5.97. The number of aryl methyl sites for hydroxylation is 2. The monoisotopic (exact) mass is 367 g/mol. The third kappa shape index (κ3) is 3.70. The van der Waals surface area contributed by atoms with Gasteiger partial charge in [0.2, 0.25) is 5.89 Å². The number of benzene rings is 1. The standard InChI is InChI=1S/C21H29N5O/c1-16-24-19(27-25-16)10-13-23-20(22-2)26-14-6-12-21(15-26)11-5-8-17-7-3-4-9-18(17)21/h3-4,7,9H,5-6,8,10-15H2,1-2H3,(H,22,23). The molecule has 6 nitrogen and oxygen atoms in total. The first-order chi connectivity index (χ1) is 13.2. The van der Waals surface area contributed by atoms with E-state index in [0.29, 0.717) is 18.1 Å². The van der Waals surface area contributed by atoms with E-state index in [4.69, 9.17) is 4.52 Å². The van der Waals surface area contributed by atoms with Crippen molar-refractivity contribution in [1.29, 1.82) is 0 Å². The van der Waals surface area contributed by atoms with Crippen LogP contribution in [0.25, 0.3) is 0 Å². The fraction of sp³-hybridized carbons (Fsp3) is 0.571. The van der Waals surface area contributed by atoms with Crippen molar-refractivity contribution >= 4 is 5.96 Å². The lowest BCUT2D eigenvalue weighted by atomic mass is 9.66. The normalized spacial score (nSPS) is 22.7. The summed E-state index contributed by atoms with van der Waals surface area (Å²) in [7, 11) is 1.87. The van der Waals surface area contributed by atoms with Crippen LogP contribution >= 0.6 is 0 Å². The van der Waals surface area contributed by atoms with Crippen molar-refractivity contribution in [1.82, 2.24) is 20.4 Å². The Kier molecular flexibility index (Phi) is 5.14. The molecule has 6 heteroatoms. The number of hydrogen-bond acceptors (Lipinski definition) is 4. The van der Waals surface area contributed by atoms with E-state index < -0.39 is 0 Å².